The van der Waals surface area contributed by atoms with E-state index in [9.17, 15) is 9.59 Å². The Bertz CT molecular complexity index is 944. The molecular formula is C15H10Cl2N2O3. The zero-order valence-corrected chi connectivity index (χ0v) is 12.6. The van der Waals surface area contributed by atoms with Crippen molar-refractivity contribution < 1.29 is 9.90 Å². The van der Waals surface area contributed by atoms with E-state index in [0.29, 0.717) is 32.3 Å². The number of imidazole rings is 1. The van der Waals surface area contributed by atoms with Gasteiger partial charge < -0.3 is 10.1 Å². The van der Waals surface area contributed by atoms with Crippen LogP contribution >= 0.6 is 23.2 Å². The third kappa shape index (κ3) is 2.49. The van der Waals surface area contributed by atoms with E-state index in [4.69, 9.17) is 28.3 Å². The average molecular weight is 337 g/mol. The second-order valence-corrected chi connectivity index (χ2v) is 5.56. The molecule has 1 aromatic heterocycles. The Labute approximate surface area is 134 Å². The number of aromatic amines is 1. The fraction of sp³-hybridized carbons (Fsp3) is 0.0667. The summed E-state index contributed by atoms with van der Waals surface area (Å²) in [5.74, 6) is -0.971. The Balaban J connectivity index is 2.31. The Morgan fingerprint density at radius 3 is 2.59 bits per heavy atom. The van der Waals surface area contributed by atoms with Gasteiger partial charge >= 0.3 is 11.7 Å². The molecule has 3 rings (SSSR count). The van der Waals surface area contributed by atoms with Gasteiger partial charge in [0.1, 0.15) is 0 Å². The second kappa shape index (κ2) is 5.51. The van der Waals surface area contributed by atoms with Gasteiger partial charge in [0, 0.05) is 0 Å². The molecule has 3 aromatic rings. The van der Waals surface area contributed by atoms with Crippen molar-refractivity contribution in [2.75, 3.05) is 0 Å². The number of para-hydroxylation sites is 1. The van der Waals surface area contributed by atoms with Crippen LogP contribution in [0.25, 0.3) is 16.7 Å². The van der Waals surface area contributed by atoms with E-state index in [1.165, 1.54) is 4.57 Å². The van der Waals surface area contributed by atoms with E-state index in [1.807, 2.05) is 0 Å². The number of aromatic nitrogens is 2. The number of nitrogens with zero attached hydrogens (tertiary/aromatic N) is 1. The SMILES string of the molecule is O=C(O)Cc1ccccc1-n1c(=O)[nH]c2cc(Cl)c(Cl)cc21. The fourth-order valence-electron chi connectivity index (χ4n) is 2.38. The molecule has 0 aliphatic rings. The Hall–Kier alpha value is -2.24. The molecule has 5 nitrogen and oxygen atoms in total. The molecule has 0 saturated heterocycles. The first-order valence-corrected chi connectivity index (χ1v) is 7.13. The summed E-state index contributed by atoms with van der Waals surface area (Å²) < 4.78 is 1.40. The molecule has 0 radical (unpaired) electrons. The zero-order valence-electron chi connectivity index (χ0n) is 11.1. The number of benzene rings is 2. The van der Waals surface area contributed by atoms with Crippen molar-refractivity contribution >= 4 is 40.2 Å². The number of aliphatic carboxylic acids is 1. The van der Waals surface area contributed by atoms with Crippen LogP contribution in [0.1, 0.15) is 5.56 Å². The number of hydrogen-bond acceptors (Lipinski definition) is 2. The molecule has 2 N–H and O–H groups in total. The molecule has 2 aromatic carbocycles. The minimum atomic E-state index is -0.971. The van der Waals surface area contributed by atoms with Crippen LogP contribution in [0, 0.1) is 0 Å². The molecule has 0 fully saturated rings. The lowest BCUT2D eigenvalue weighted by Crippen LogP contribution is -2.17. The van der Waals surface area contributed by atoms with Crippen LogP contribution in [0.15, 0.2) is 41.2 Å². The van der Waals surface area contributed by atoms with Crippen molar-refractivity contribution in [3.8, 4) is 5.69 Å². The molecule has 22 heavy (non-hydrogen) atoms. The summed E-state index contributed by atoms with van der Waals surface area (Å²) in [5.41, 5.74) is 1.72. The summed E-state index contributed by atoms with van der Waals surface area (Å²) in [6.07, 6.45) is -0.184. The molecule has 1 heterocycles. The fourth-order valence-corrected chi connectivity index (χ4v) is 2.70. The number of hydrogen-bond donors (Lipinski definition) is 2. The average Bonchev–Trinajstić information content (AvgIpc) is 2.75. The van der Waals surface area contributed by atoms with E-state index in [0.717, 1.165) is 0 Å². The highest BCUT2D eigenvalue weighted by Crippen LogP contribution is 2.28. The maximum Gasteiger partial charge on any atom is 0.331 e. The van der Waals surface area contributed by atoms with Crippen LogP contribution in [0.5, 0.6) is 0 Å². The Morgan fingerprint density at radius 1 is 1.18 bits per heavy atom. The molecule has 0 bridgehead atoms. The van der Waals surface area contributed by atoms with Crippen molar-refractivity contribution in [2.24, 2.45) is 0 Å². The van der Waals surface area contributed by atoms with Crippen LogP contribution < -0.4 is 5.69 Å². The lowest BCUT2D eigenvalue weighted by Gasteiger charge is -2.09. The molecular weight excluding hydrogens is 327 g/mol. The molecule has 0 aliphatic heterocycles. The number of halogens is 2. The summed E-state index contributed by atoms with van der Waals surface area (Å²) >= 11 is 12.0. The van der Waals surface area contributed by atoms with E-state index in [2.05, 4.69) is 4.98 Å². The van der Waals surface area contributed by atoms with Gasteiger partial charge in [-0.1, -0.05) is 41.4 Å². The van der Waals surface area contributed by atoms with Crippen molar-refractivity contribution in [3.05, 3.63) is 62.5 Å². The summed E-state index contributed by atoms with van der Waals surface area (Å²) in [6.45, 7) is 0. The number of carboxylic acid groups (broad SMARTS) is 1. The number of carbonyl (C=O) groups is 1. The predicted octanol–water partition coefficient (Wildman–Crippen LogP) is 3.25. The van der Waals surface area contributed by atoms with Crippen LogP contribution in [0.3, 0.4) is 0 Å². The van der Waals surface area contributed by atoms with Crippen molar-refractivity contribution in [3.63, 3.8) is 0 Å². The largest absolute Gasteiger partial charge is 0.481 e. The van der Waals surface area contributed by atoms with Crippen LogP contribution in [0.2, 0.25) is 10.0 Å². The number of carboxylic acids is 1. The van der Waals surface area contributed by atoms with Crippen molar-refractivity contribution in [1.82, 2.24) is 9.55 Å². The highest BCUT2D eigenvalue weighted by atomic mass is 35.5. The molecule has 0 saturated carbocycles. The van der Waals surface area contributed by atoms with Gasteiger partial charge in [-0.3, -0.25) is 9.36 Å². The third-order valence-electron chi connectivity index (χ3n) is 3.30. The second-order valence-electron chi connectivity index (χ2n) is 4.75. The van der Waals surface area contributed by atoms with Crippen LogP contribution in [0.4, 0.5) is 0 Å². The standard InChI is InChI=1S/C15H10Cl2N2O3/c16-9-6-11-13(7-10(9)17)19(15(22)18-11)12-4-2-1-3-8(12)5-14(20)21/h1-4,6-7H,5H2,(H,18,22)(H,20,21). The van der Waals surface area contributed by atoms with E-state index in [1.54, 1.807) is 36.4 Å². The number of nitrogens with one attached hydrogen (secondary N) is 1. The number of fused-ring (bicyclic) bond motifs is 1. The molecule has 0 aliphatic carbocycles. The minimum Gasteiger partial charge on any atom is -0.481 e. The molecule has 0 unspecified atom stereocenters. The van der Waals surface area contributed by atoms with E-state index in [-0.39, 0.29) is 12.1 Å². The third-order valence-corrected chi connectivity index (χ3v) is 4.02. The molecule has 0 spiro atoms. The summed E-state index contributed by atoms with van der Waals surface area (Å²) in [4.78, 5) is 26.0. The first-order valence-electron chi connectivity index (χ1n) is 6.37. The van der Waals surface area contributed by atoms with Crippen LogP contribution in [-0.4, -0.2) is 20.6 Å². The lowest BCUT2D eigenvalue weighted by atomic mass is 10.1. The van der Waals surface area contributed by atoms with Crippen molar-refractivity contribution in [1.29, 1.82) is 0 Å². The maximum atomic E-state index is 12.3. The number of rotatable bonds is 3. The molecule has 0 amide bonds. The summed E-state index contributed by atoms with van der Waals surface area (Å²) in [6, 6.07) is 9.97. The van der Waals surface area contributed by atoms with Gasteiger partial charge in [0.15, 0.2) is 0 Å². The first-order chi connectivity index (χ1) is 10.5. The number of H-pyrrole nitrogens is 1. The molecule has 0 atom stereocenters. The monoisotopic (exact) mass is 336 g/mol. The smallest absolute Gasteiger partial charge is 0.331 e. The van der Waals surface area contributed by atoms with Gasteiger partial charge in [0.25, 0.3) is 0 Å². The topological polar surface area (TPSA) is 75.1 Å². The van der Waals surface area contributed by atoms with Gasteiger partial charge in [0.2, 0.25) is 0 Å². The predicted molar refractivity (Wildman–Crippen MR) is 85.3 cm³/mol. The highest BCUT2D eigenvalue weighted by Gasteiger charge is 2.15. The van der Waals surface area contributed by atoms with E-state index < -0.39 is 5.97 Å². The summed E-state index contributed by atoms with van der Waals surface area (Å²) in [7, 11) is 0. The molecule has 7 heteroatoms. The van der Waals surface area contributed by atoms with Gasteiger partial charge in [-0.05, 0) is 23.8 Å². The van der Waals surface area contributed by atoms with Gasteiger partial charge in [0.05, 0.1) is 33.2 Å². The zero-order chi connectivity index (χ0) is 15.9. The van der Waals surface area contributed by atoms with E-state index >= 15 is 0 Å². The Morgan fingerprint density at radius 2 is 1.86 bits per heavy atom. The van der Waals surface area contributed by atoms with Gasteiger partial charge in [-0.2, -0.15) is 0 Å². The quantitative estimate of drug-likeness (QED) is 0.770. The first kappa shape index (κ1) is 14.7. The van der Waals surface area contributed by atoms with Crippen LogP contribution in [-0.2, 0) is 11.2 Å². The van der Waals surface area contributed by atoms with Gasteiger partial charge in [-0.15, -0.1) is 0 Å². The normalized spacial score (nSPS) is 11.0. The van der Waals surface area contributed by atoms with Crippen molar-refractivity contribution in [2.45, 2.75) is 6.42 Å². The minimum absolute atomic E-state index is 0.184. The summed E-state index contributed by atoms with van der Waals surface area (Å²) in [5, 5.41) is 9.67. The lowest BCUT2D eigenvalue weighted by molar-refractivity contribution is -0.136. The van der Waals surface area contributed by atoms with Gasteiger partial charge in [-0.25, -0.2) is 4.79 Å². The molecule has 112 valence electrons. The Kier molecular flexibility index (Phi) is 3.68. The maximum absolute atomic E-state index is 12.3. The highest BCUT2D eigenvalue weighted by molar-refractivity contribution is 6.42.